The van der Waals surface area contributed by atoms with Crippen LogP contribution in [0.5, 0.6) is 5.75 Å². The van der Waals surface area contributed by atoms with Gasteiger partial charge in [0.2, 0.25) is 0 Å². The molecule has 0 unspecified atom stereocenters. The van der Waals surface area contributed by atoms with Gasteiger partial charge in [0.25, 0.3) is 0 Å². The molecule has 0 saturated heterocycles. The van der Waals surface area contributed by atoms with Gasteiger partial charge < -0.3 is 18.5 Å². The SMILES string of the molecule is COC(=O)c1cc(OCCCO[Si](C)(C)C(C)(C)C)cn1CC(=O)c1ccc(F)c(Cl)c1. The molecule has 0 aliphatic rings. The first-order valence-corrected chi connectivity index (χ1v) is 13.7. The van der Waals surface area contributed by atoms with Gasteiger partial charge in [-0.25, -0.2) is 9.18 Å². The van der Waals surface area contributed by atoms with Gasteiger partial charge in [-0.1, -0.05) is 32.4 Å². The lowest BCUT2D eigenvalue weighted by molar-refractivity contribution is 0.0588. The van der Waals surface area contributed by atoms with Crippen LogP contribution in [0, 0.1) is 5.82 Å². The third-order valence-electron chi connectivity index (χ3n) is 5.65. The van der Waals surface area contributed by atoms with E-state index in [4.69, 9.17) is 25.5 Å². The van der Waals surface area contributed by atoms with Gasteiger partial charge in [0.1, 0.15) is 17.3 Å². The Balaban J connectivity index is 2.02. The van der Waals surface area contributed by atoms with E-state index in [9.17, 15) is 14.0 Å². The highest BCUT2D eigenvalue weighted by atomic mass is 35.5. The van der Waals surface area contributed by atoms with E-state index in [1.165, 1.54) is 29.9 Å². The molecular weight excluding hydrogens is 453 g/mol. The number of benzene rings is 1. The highest BCUT2D eigenvalue weighted by molar-refractivity contribution is 6.74. The highest BCUT2D eigenvalue weighted by Gasteiger charge is 2.36. The number of halogens is 2. The zero-order valence-electron chi connectivity index (χ0n) is 19.5. The minimum Gasteiger partial charge on any atom is -0.492 e. The molecule has 0 spiro atoms. The fourth-order valence-electron chi connectivity index (χ4n) is 2.68. The molecule has 176 valence electrons. The van der Waals surface area contributed by atoms with E-state index >= 15 is 0 Å². The summed E-state index contributed by atoms with van der Waals surface area (Å²) in [6, 6.07) is 5.28. The number of aromatic nitrogens is 1. The van der Waals surface area contributed by atoms with Crippen LogP contribution in [-0.4, -0.2) is 45.0 Å². The number of nitrogens with zero attached hydrogens (tertiary/aromatic N) is 1. The Labute approximate surface area is 194 Å². The number of ether oxygens (including phenoxy) is 2. The second-order valence-corrected chi connectivity index (χ2v) is 14.3. The molecule has 0 saturated carbocycles. The van der Waals surface area contributed by atoms with Gasteiger partial charge in [0.05, 0.1) is 25.3 Å². The average Bonchev–Trinajstić information content (AvgIpc) is 3.10. The van der Waals surface area contributed by atoms with E-state index < -0.39 is 20.1 Å². The van der Waals surface area contributed by atoms with E-state index in [0.717, 1.165) is 6.07 Å². The first-order valence-electron chi connectivity index (χ1n) is 10.4. The third-order valence-corrected chi connectivity index (χ3v) is 10.5. The summed E-state index contributed by atoms with van der Waals surface area (Å²) in [5.41, 5.74) is 0.424. The Morgan fingerprint density at radius 1 is 1.16 bits per heavy atom. The Morgan fingerprint density at radius 3 is 2.44 bits per heavy atom. The second kappa shape index (κ2) is 10.6. The molecule has 0 bridgehead atoms. The van der Waals surface area contributed by atoms with Gasteiger partial charge >= 0.3 is 5.97 Å². The van der Waals surface area contributed by atoms with Crippen LogP contribution in [0.25, 0.3) is 0 Å². The lowest BCUT2D eigenvalue weighted by Crippen LogP contribution is -2.41. The van der Waals surface area contributed by atoms with Gasteiger partial charge in [-0.3, -0.25) is 4.79 Å². The molecule has 0 fully saturated rings. The van der Waals surface area contributed by atoms with Crippen molar-refractivity contribution in [2.24, 2.45) is 0 Å². The van der Waals surface area contributed by atoms with Crippen molar-refractivity contribution < 1.29 is 27.9 Å². The quantitative estimate of drug-likeness (QED) is 0.186. The van der Waals surface area contributed by atoms with Gasteiger partial charge in [0.15, 0.2) is 14.1 Å². The smallest absolute Gasteiger partial charge is 0.354 e. The molecule has 32 heavy (non-hydrogen) atoms. The monoisotopic (exact) mass is 483 g/mol. The van der Waals surface area contributed by atoms with Crippen LogP contribution in [0.1, 0.15) is 48.0 Å². The summed E-state index contributed by atoms with van der Waals surface area (Å²) in [5, 5.41) is 0.00222. The van der Waals surface area contributed by atoms with Crippen molar-refractivity contribution in [3.63, 3.8) is 0 Å². The van der Waals surface area contributed by atoms with Crippen LogP contribution < -0.4 is 4.74 Å². The summed E-state index contributed by atoms with van der Waals surface area (Å²) in [7, 11) is -0.545. The van der Waals surface area contributed by atoms with Crippen LogP contribution in [0.2, 0.25) is 23.2 Å². The predicted octanol–water partition coefficient (Wildman–Crippen LogP) is 5.74. The fraction of sp³-hybridized carbons (Fsp3) is 0.478. The van der Waals surface area contributed by atoms with Crippen molar-refractivity contribution in [1.82, 2.24) is 4.57 Å². The lowest BCUT2D eigenvalue weighted by atomic mass is 10.1. The first kappa shape index (κ1) is 26.1. The Morgan fingerprint density at radius 2 is 1.84 bits per heavy atom. The molecule has 0 N–H and O–H groups in total. The van der Waals surface area contributed by atoms with Crippen LogP contribution in [0.15, 0.2) is 30.5 Å². The zero-order valence-corrected chi connectivity index (χ0v) is 21.2. The molecule has 0 amide bonds. The number of rotatable bonds is 10. The summed E-state index contributed by atoms with van der Waals surface area (Å²) < 4.78 is 31.5. The van der Waals surface area contributed by atoms with Gasteiger partial charge in [-0.05, 0) is 36.3 Å². The minimum absolute atomic E-state index is 0.138. The summed E-state index contributed by atoms with van der Waals surface area (Å²) in [6.45, 7) is 11.8. The second-order valence-electron chi connectivity index (χ2n) is 9.04. The number of methoxy groups -OCH3 is 1. The van der Waals surface area contributed by atoms with Crippen LogP contribution in [0.4, 0.5) is 4.39 Å². The van der Waals surface area contributed by atoms with Crippen molar-refractivity contribution in [2.75, 3.05) is 20.3 Å². The van der Waals surface area contributed by atoms with Gasteiger partial charge in [-0.15, -0.1) is 0 Å². The maximum atomic E-state index is 13.4. The van der Waals surface area contributed by atoms with Crippen molar-refractivity contribution in [3.8, 4) is 5.75 Å². The molecule has 1 heterocycles. The Hall–Kier alpha value is -2.16. The molecule has 0 radical (unpaired) electrons. The van der Waals surface area contributed by atoms with Crippen LogP contribution >= 0.6 is 11.6 Å². The Bertz CT molecular complexity index is 968. The largest absolute Gasteiger partial charge is 0.492 e. The Kier molecular flexibility index (Phi) is 8.67. The first-order chi connectivity index (χ1) is 14.9. The predicted molar refractivity (Wildman–Crippen MR) is 125 cm³/mol. The molecule has 2 rings (SSSR count). The number of esters is 1. The van der Waals surface area contributed by atoms with E-state index in [1.54, 1.807) is 6.20 Å². The number of ketones is 1. The van der Waals surface area contributed by atoms with Crippen molar-refractivity contribution >= 4 is 31.7 Å². The number of carbonyl (C=O) groups is 2. The molecular formula is C23H31ClFNO5Si. The van der Waals surface area contributed by atoms with E-state index in [1.807, 2.05) is 0 Å². The fourth-order valence-corrected chi connectivity index (χ4v) is 3.95. The number of carbonyl (C=O) groups excluding carboxylic acids is 2. The average molecular weight is 484 g/mol. The van der Waals surface area contributed by atoms with Crippen LogP contribution in [-0.2, 0) is 15.7 Å². The molecule has 2 aromatic rings. The summed E-state index contributed by atoms with van der Waals surface area (Å²) in [6.07, 6.45) is 2.27. The molecule has 1 aromatic carbocycles. The van der Waals surface area contributed by atoms with Crippen molar-refractivity contribution in [3.05, 3.63) is 52.6 Å². The molecule has 0 atom stereocenters. The molecule has 0 aliphatic carbocycles. The molecule has 9 heteroatoms. The third kappa shape index (κ3) is 6.67. The van der Waals surface area contributed by atoms with Crippen molar-refractivity contribution in [2.45, 2.75) is 51.9 Å². The maximum absolute atomic E-state index is 13.4. The van der Waals surface area contributed by atoms with Crippen LogP contribution in [0.3, 0.4) is 0 Å². The minimum atomic E-state index is -1.81. The summed E-state index contributed by atoms with van der Waals surface area (Å²) >= 11 is 5.77. The normalized spacial score (nSPS) is 12.0. The summed E-state index contributed by atoms with van der Waals surface area (Å²) in [5.74, 6) is -1.08. The van der Waals surface area contributed by atoms with Gasteiger partial charge in [-0.2, -0.15) is 0 Å². The van der Waals surface area contributed by atoms with E-state index in [0.29, 0.717) is 25.4 Å². The number of hydrogen-bond acceptors (Lipinski definition) is 5. The topological polar surface area (TPSA) is 66.8 Å². The molecule has 1 aromatic heterocycles. The number of Topliss-reactive ketones (excluding diaryl/α,β-unsaturated/α-hetero) is 1. The van der Waals surface area contributed by atoms with Gasteiger partial charge in [0, 0.05) is 30.9 Å². The van der Waals surface area contributed by atoms with E-state index in [-0.39, 0.29) is 33.6 Å². The van der Waals surface area contributed by atoms with Crippen molar-refractivity contribution in [1.29, 1.82) is 0 Å². The molecule has 6 nitrogen and oxygen atoms in total. The summed E-state index contributed by atoms with van der Waals surface area (Å²) in [4.78, 5) is 24.8. The zero-order chi connectivity index (χ0) is 24.1. The lowest BCUT2D eigenvalue weighted by Gasteiger charge is -2.36. The standard InChI is InChI=1S/C23H31ClFNO5Si/c1-23(2,3)32(5,6)31-11-7-10-30-17-13-20(22(28)29-4)26(14-17)15-21(27)16-8-9-19(25)18(24)12-16/h8-9,12-14H,7,10-11,15H2,1-6H3. The maximum Gasteiger partial charge on any atom is 0.354 e. The van der Waals surface area contributed by atoms with E-state index in [2.05, 4.69) is 33.9 Å². The number of hydrogen-bond donors (Lipinski definition) is 0. The molecule has 0 aliphatic heterocycles. The highest BCUT2D eigenvalue weighted by Crippen LogP contribution is 2.36.